The first-order valence-electron chi connectivity index (χ1n) is 7.41. The molecule has 3 fully saturated rings. The van der Waals surface area contributed by atoms with Crippen molar-refractivity contribution in [3.63, 3.8) is 0 Å². The summed E-state index contributed by atoms with van der Waals surface area (Å²) in [5, 5.41) is 12.4. The summed E-state index contributed by atoms with van der Waals surface area (Å²) in [5.74, 6) is 1.73. The topological polar surface area (TPSA) is 37.0 Å². The molecule has 0 bridgehead atoms. The smallest absolute Gasteiger partial charge is 0.0874 e. The van der Waals surface area contributed by atoms with Crippen LogP contribution >= 0.6 is 0 Å². The number of quaternary nitrogens is 1. The zero-order valence-corrected chi connectivity index (χ0v) is 10.7. The first-order valence-corrected chi connectivity index (χ1v) is 7.41. The Morgan fingerprint density at radius 2 is 1.76 bits per heavy atom. The molecule has 0 aromatic rings. The third-order valence-electron chi connectivity index (χ3n) is 5.34. The van der Waals surface area contributed by atoms with Gasteiger partial charge in [-0.15, -0.1) is 0 Å². The molecule has 0 radical (unpaired) electrons. The fraction of sp³-hybridized carbons (Fsp3) is 0.929. The van der Waals surface area contributed by atoms with Gasteiger partial charge < -0.3 is 10.1 Å². The lowest BCUT2D eigenvalue weighted by Crippen LogP contribution is -3.14. The molecule has 0 amide bonds. The van der Waals surface area contributed by atoms with Crippen molar-refractivity contribution in [2.75, 3.05) is 13.1 Å². The van der Waals surface area contributed by atoms with Crippen molar-refractivity contribution < 1.29 is 10.1 Å². The largest absolute Gasteiger partial charge is 0.411 e. The van der Waals surface area contributed by atoms with E-state index in [1.54, 1.807) is 0 Å². The third-order valence-corrected chi connectivity index (χ3v) is 5.34. The molecule has 2 N–H and O–H groups in total. The molecule has 0 aromatic carbocycles. The summed E-state index contributed by atoms with van der Waals surface area (Å²) in [7, 11) is 0. The first-order chi connectivity index (χ1) is 8.36. The highest BCUT2D eigenvalue weighted by Gasteiger charge is 2.42. The van der Waals surface area contributed by atoms with E-state index in [9.17, 15) is 0 Å². The van der Waals surface area contributed by atoms with E-state index in [1.807, 2.05) is 4.90 Å². The normalized spacial score (nSPS) is 41.6. The molecule has 96 valence electrons. The van der Waals surface area contributed by atoms with Crippen LogP contribution in [0.25, 0.3) is 0 Å². The molecule has 0 spiro atoms. The maximum atomic E-state index is 8.91. The number of nitrogens with one attached hydrogen (secondary N) is 1. The molecular weight excluding hydrogens is 212 g/mol. The second kappa shape index (κ2) is 4.97. The molecule has 3 nitrogen and oxygen atoms in total. The number of nitrogens with zero attached hydrogens (tertiary/aromatic N) is 1. The molecule has 3 heteroatoms. The van der Waals surface area contributed by atoms with Gasteiger partial charge in [0.25, 0.3) is 0 Å². The van der Waals surface area contributed by atoms with Crippen molar-refractivity contribution in [1.29, 1.82) is 0 Å². The minimum atomic E-state index is 0.812. The Morgan fingerprint density at radius 3 is 2.53 bits per heavy atom. The van der Waals surface area contributed by atoms with Crippen LogP contribution in [0.15, 0.2) is 5.16 Å². The lowest BCUT2D eigenvalue weighted by molar-refractivity contribution is -0.917. The van der Waals surface area contributed by atoms with Crippen LogP contribution in [0.4, 0.5) is 0 Å². The summed E-state index contributed by atoms with van der Waals surface area (Å²) in [5.41, 5.74) is 1.05. The van der Waals surface area contributed by atoms with E-state index in [1.165, 1.54) is 51.6 Å². The van der Waals surface area contributed by atoms with Crippen molar-refractivity contribution >= 4 is 5.71 Å². The van der Waals surface area contributed by atoms with Gasteiger partial charge in [0.05, 0.1) is 24.8 Å². The average Bonchev–Trinajstić information content (AvgIpc) is 2.82. The number of rotatable bonds is 1. The lowest BCUT2D eigenvalue weighted by Gasteiger charge is -2.28. The standard InChI is InChI=1S/C14H24N2O/c17-15-13-7-6-11-9-16(10-12(11)8-13)14-4-2-1-3-5-14/h11-12,14,17H,1-10H2/p+1/b15-13-/t11-,12-/m1/s1. The highest BCUT2D eigenvalue weighted by molar-refractivity contribution is 5.84. The van der Waals surface area contributed by atoms with Crippen LogP contribution in [0.2, 0.25) is 0 Å². The Bertz CT molecular complexity index is 297. The lowest BCUT2D eigenvalue weighted by atomic mass is 9.81. The van der Waals surface area contributed by atoms with Gasteiger partial charge in [-0.25, -0.2) is 0 Å². The van der Waals surface area contributed by atoms with Crippen molar-refractivity contribution in [2.45, 2.75) is 57.4 Å². The Balaban J connectivity index is 1.60. The predicted octanol–water partition coefficient (Wildman–Crippen LogP) is 1.46. The Kier molecular flexibility index (Phi) is 3.37. The zero-order valence-electron chi connectivity index (χ0n) is 10.7. The van der Waals surface area contributed by atoms with E-state index in [-0.39, 0.29) is 0 Å². The number of likely N-dealkylation sites (tertiary alicyclic amines) is 1. The molecule has 17 heavy (non-hydrogen) atoms. The quantitative estimate of drug-likeness (QED) is 0.526. The number of fused-ring (bicyclic) bond motifs is 1. The molecule has 1 aliphatic heterocycles. The molecule has 2 aliphatic carbocycles. The predicted molar refractivity (Wildman–Crippen MR) is 67.6 cm³/mol. The van der Waals surface area contributed by atoms with Gasteiger partial charge in [0, 0.05) is 11.8 Å². The van der Waals surface area contributed by atoms with Crippen LogP contribution in [0.3, 0.4) is 0 Å². The van der Waals surface area contributed by atoms with Crippen molar-refractivity contribution in [1.82, 2.24) is 0 Å². The van der Waals surface area contributed by atoms with Crippen LogP contribution in [0.5, 0.6) is 0 Å². The fourth-order valence-electron chi connectivity index (χ4n) is 4.36. The van der Waals surface area contributed by atoms with E-state index in [0.29, 0.717) is 0 Å². The zero-order chi connectivity index (χ0) is 11.7. The second-order valence-corrected chi connectivity index (χ2v) is 6.33. The third kappa shape index (κ3) is 2.35. The molecule has 1 saturated heterocycles. The van der Waals surface area contributed by atoms with Gasteiger partial charge >= 0.3 is 0 Å². The van der Waals surface area contributed by atoms with Crippen LogP contribution in [-0.4, -0.2) is 30.1 Å². The Morgan fingerprint density at radius 1 is 1.00 bits per heavy atom. The summed E-state index contributed by atoms with van der Waals surface area (Å²) >= 11 is 0. The van der Waals surface area contributed by atoms with Crippen LogP contribution in [0, 0.1) is 11.8 Å². The summed E-state index contributed by atoms with van der Waals surface area (Å²) in [4.78, 5) is 1.87. The van der Waals surface area contributed by atoms with Crippen molar-refractivity contribution in [3.05, 3.63) is 0 Å². The van der Waals surface area contributed by atoms with Gasteiger partial charge in [0.2, 0.25) is 0 Å². The second-order valence-electron chi connectivity index (χ2n) is 6.33. The van der Waals surface area contributed by atoms with Gasteiger partial charge in [-0.2, -0.15) is 0 Å². The summed E-state index contributed by atoms with van der Waals surface area (Å²) in [6.07, 6.45) is 10.6. The number of hydrogen-bond donors (Lipinski definition) is 2. The Labute approximate surface area is 104 Å². The maximum Gasteiger partial charge on any atom is 0.0874 e. The monoisotopic (exact) mass is 237 g/mol. The van der Waals surface area contributed by atoms with E-state index in [0.717, 1.165) is 36.4 Å². The minimum absolute atomic E-state index is 0.812. The van der Waals surface area contributed by atoms with Gasteiger partial charge in [-0.05, 0) is 44.9 Å². The van der Waals surface area contributed by atoms with Gasteiger partial charge in [0.15, 0.2) is 0 Å². The van der Waals surface area contributed by atoms with E-state index in [2.05, 4.69) is 5.16 Å². The summed E-state index contributed by atoms with van der Waals surface area (Å²) in [6.45, 7) is 2.74. The van der Waals surface area contributed by atoms with Gasteiger partial charge in [-0.1, -0.05) is 11.6 Å². The van der Waals surface area contributed by atoms with Crippen LogP contribution in [-0.2, 0) is 0 Å². The molecule has 3 rings (SSSR count). The first kappa shape index (κ1) is 11.5. The summed E-state index contributed by atoms with van der Waals surface area (Å²) < 4.78 is 0. The van der Waals surface area contributed by atoms with E-state index in [4.69, 9.17) is 5.21 Å². The highest BCUT2D eigenvalue weighted by Crippen LogP contribution is 2.30. The molecule has 0 aromatic heterocycles. The van der Waals surface area contributed by atoms with E-state index >= 15 is 0 Å². The van der Waals surface area contributed by atoms with Crippen molar-refractivity contribution in [2.24, 2.45) is 17.0 Å². The molecular formula is C14H25N2O+. The van der Waals surface area contributed by atoms with Crippen LogP contribution in [0.1, 0.15) is 51.4 Å². The van der Waals surface area contributed by atoms with Crippen molar-refractivity contribution in [3.8, 4) is 0 Å². The van der Waals surface area contributed by atoms with E-state index < -0.39 is 0 Å². The molecule has 1 heterocycles. The maximum absolute atomic E-state index is 8.91. The SMILES string of the molecule is O/N=C1/CC[C@@H]2C[NH+](C3CCCCC3)C[C@H]2C1. The highest BCUT2D eigenvalue weighted by atomic mass is 16.4. The minimum Gasteiger partial charge on any atom is -0.411 e. The molecule has 3 aliphatic rings. The number of hydrogen-bond acceptors (Lipinski definition) is 2. The molecule has 3 atom stereocenters. The van der Waals surface area contributed by atoms with Gasteiger partial charge in [0.1, 0.15) is 0 Å². The summed E-state index contributed by atoms with van der Waals surface area (Å²) in [6, 6.07) is 0.948. The average molecular weight is 237 g/mol. The molecule has 2 saturated carbocycles. The Hall–Kier alpha value is -0.570. The number of oxime groups is 1. The fourth-order valence-corrected chi connectivity index (χ4v) is 4.36. The van der Waals surface area contributed by atoms with Gasteiger partial charge in [-0.3, -0.25) is 0 Å². The van der Waals surface area contributed by atoms with Crippen LogP contribution < -0.4 is 4.90 Å². The molecule has 1 unspecified atom stereocenters.